The molecule has 5 heteroatoms. The van der Waals surface area contributed by atoms with E-state index < -0.39 is 5.82 Å². The lowest BCUT2D eigenvalue weighted by atomic mass is 10.2. The first kappa shape index (κ1) is 13.6. The lowest BCUT2D eigenvalue weighted by molar-refractivity contribution is 0.627. The van der Waals surface area contributed by atoms with Gasteiger partial charge in [0.1, 0.15) is 17.5 Å². The number of nitrogens with one attached hydrogen (secondary N) is 2. The van der Waals surface area contributed by atoms with Gasteiger partial charge in [0.15, 0.2) is 0 Å². The second kappa shape index (κ2) is 6.38. The molecule has 1 heterocycles. The molecule has 0 unspecified atom stereocenters. The molecule has 0 aliphatic heterocycles. The minimum atomic E-state index is -0.405. The van der Waals surface area contributed by atoms with Crippen LogP contribution in [0, 0.1) is 5.82 Å². The number of benzene rings is 1. The van der Waals surface area contributed by atoms with Gasteiger partial charge in [-0.2, -0.15) is 0 Å². The number of hydrogen-bond acceptors (Lipinski definition) is 3. The summed E-state index contributed by atoms with van der Waals surface area (Å²) in [4.78, 5) is 4.39. The van der Waals surface area contributed by atoms with Gasteiger partial charge in [-0.3, -0.25) is 0 Å². The molecule has 1 aromatic carbocycles. The van der Waals surface area contributed by atoms with Crippen LogP contribution in [0.4, 0.5) is 16.0 Å². The maximum atomic E-state index is 13.0. The summed E-state index contributed by atoms with van der Waals surface area (Å²) in [6.45, 7) is 3.38. The highest BCUT2D eigenvalue weighted by Gasteiger charge is 2.01. The quantitative estimate of drug-likeness (QED) is 0.871. The molecule has 2 N–H and O–H groups in total. The molecular formula is C14H15ClFN3. The molecular weight excluding hydrogens is 265 g/mol. The van der Waals surface area contributed by atoms with E-state index in [4.69, 9.17) is 11.6 Å². The van der Waals surface area contributed by atoms with Crippen LogP contribution in [0.15, 0.2) is 36.4 Å². The van der Waals surface area contributed by atoms with Crippen molar-refractivity contribution in [1.29, 1.82) is 0 Å². The van der Waals surface area contributed by atoms with Gasteiger partial charge >= 0.3 is 0 Å². The maximum absolute atomic E-state index is 13.0. The monoisotopic (exact) mass is 279 g/mol. The lowest BCUT2D eigenvalue weighted by Gasteiger charge is -2.08. The van der Waals surface area contributed by atoms with Crippen molar-refractivity contribution < 1.29 is 4.39 Å². The van der Waals surface area contributed by atoms with Crippen molar-refractivity contribution in [1.82, 2.24) is 4.98 Å². The Balaban J connectivity index is 2.01. The average molecular weight is 280 g/mol. The summed E-state index contributed by atoms with van der Waals surface area (Å²) in [6.07, 6.45) is 0. The van der Waals surface area contributed by atoms with Crippen molar-refractivity contribution in [2.24, 2.45) is 0 Å². The van der Waals surface area contributed by atoms with E-state index in [1.807, 2.05) is 25.1 Å². The highest BCUT2D eigenvalue weighted by Crippen LogP contribution is 2.17. The van der Waals surface area contributed by atoms with E-state index in [-0.39, 0.29) is 5.02 Å². The first-order valence-electron chi connectivity index (χ1n) is 6.07. The summed E-state index contributed by atoms with van der Waals surface area (Å²) in [5.41, 5.74) is 0.905. The molecule has 0 radical (unpaired) electrons. The number of pyridine rings is 1. The largest absolute Gasteiger partial charge is 0.370 e. The first-order chi connectivity index (χ1) is 9.19. The Hall–Kier alpha value is -1.81. The average Bonchev–Trinajstić information content (AvgIpc) is 2.41. The van der Waals surface area contributed by atoms with Gasteiger partial charge in [-0.05, 0) is 36.8 Å². The highest BCUT2D eigenvalue weighted by atomic mass is 35.5. The molecule has 0 aliphatic rings. The Kier molecular flexibility index (Phi) is 4.58. The predicted octanol–water partition coefficient (Wildman–Crippen LogP) is 3.92. The molecule has 2 rings (SSSR count). The molecule has 100 valence electrons. The van der Waals surface area contributed by atoms with Crippen molar-refractivity contribution in [3.8, 4) is 0 Å². The van der Waals surface area contributed by atoms with E-state index in [0.717, 1.165) is 23.7 Å². The summed E-state index contributed by atoms with van der Waals surface area (Å²) < 4.78 is 13.0. The van der Waals surface area contributed by atoms with Crippen molar-refractivity contribution >= 4 is 23.2 Å². The highest BCUT2D eigenvalue weighted by molar-refractivity contribution is 6.30. The first-order valence-corrected chi connectivity index (χ1v) is 6.45. The van der Waals surface area contributed by atoms with Crippen LogP contribution in [-0.2, 0) is 6.54 Å². The smallest absolute Gasteiger partial charge is 0.141 e. The SMILES string of the molecule is CCNc1cccc(NCc2ccc(F)c(Cl)c2)n1. The fraction of sp³-hybridized carbons (Fsp3) is 0.214. The van der Waals surface area contributed by atoms with Gasteiger partial charge < -0.3 is 10.6 Å². The van der Waals surface area contributed by atoms with Gasteiger partial charge in [0.2, 0.25) is 0 Å². The van der Waals surface area contributed by atoms with Crippen LogP contribution in [0.5, 0.6) is 0 Å². The van der Waals surface area contributed by atoms with E-state index in [9.17, 15) is 4.39 Å². The zero-order valence-electron chi connectivity index (χ0n) is 10.6. The van der Waals surface area contributed by atoms with Gasteiger partial charge in [0.05, 0.1) is 5.02 Å². The van der Waals surface area contributed by atoms with Crippen LogP contribution >= 0.6 is 11.6 Å². The van der Waals surface area contributed by atoms with Gasteiger partial charge in [0.25, 0.3) is 0 Å². The summed E-state index contributed by atoms with van der Waals surface area (Å²) in [5, 5.41) is 6.45. The molecule has 0 saturated heterocycles. The fourth-order valence-electron chi connectivity index (χ4n) is 1.65. The number of nitrogens with zero attached hydrogens (tertiary/aromatic N) is 1. The van der Waals surface area contributed by atoms with E-state index in [0.29, 0.717) is 6.54 Å². The van der Waals surface area contributed by atoms with Crippen LogP contribution in [0.1, 0.15) is 12.5 Å². The van der Waals surface area contributed by atoms with Crippen LogP contribution < -0.4 is 10.6 Å². The second-order valence-corrected chi connectivity index (χ2v) is 4.45. The summed E-state index contributed by atoms with van der Waals surface area (Å²) in [6, 6.07) is 10.4. The van der Waals surface area contributed by atoms with Gasteiger partial charge in [-0.1, -0.05) is 23.7 Å². The molecule has 0 bridgehead atoms. The minimum Gasteiger partial charge on any atom is -0.370 e. The fourth-order valence-corrected chi connectivity index (χ4v) is 1.86. The van der Waals surface area contributed by atoms with Gasteiger partial charge in [0, 0.05) is 13.1 Å². The maximum Gasteiger partial charge on any atom is 0.141 e. The third-order valence-corrected chi connectivity index (χ3v) is 2.85. The Morgan fingerprint density at radius 3 is 2.58 bits per heavy atom. The van der Waals surface area contributed by atoms with Crippen LogP contribution in [-0.4, -0.2) is 11.5 Å². The molecule has 3 nitrogen and oxygen atoms in total. The zero-order chi connectivity index (χ0) is 13.7. The van der Waals surface area contributed by atoms with E-state index in [1.54, 1.807) is 12.1 Å². The van der Waals surface area contributed by atoms with Crippen molar-refractivity contribution in [2.45, 2.75) is 13.5 Å². The number of anilines is 2. The second-order valence-electron chi connectivity index (χ2n) is 4.04. The van der Waals surface area contributed by atoms with Gasteiger partial charge in [-0.15, -0.1) is 0 Å². The number of rotatable bonds is 5. The van der Waals surface area contributed by atoms with Crippen molar-refractivity contribution in [3.05, 3.63) is 52.8 Å². The lowest BCUT2D eigenvalue weighted by Crippen LogP contribution is -2.04. The molecule has 0 saturated carbocycles. The van der Waals surface area contributed by atoms with E-state index >= 15 is 0 Å². The van der Waals surface area contributed by atoms with Crippen LogP contribution in [0.25, 0.3) is 0 Å². The Morgan fingerprint density at radius 1 is 1.16 bits per heavy atom. The number of halogens is 2. The molecule has 0 fully saturated rings. The molecule has 0 atom stereocenters. The van der Waals surface area contributed by atoms with E-state index in [1.165, 1.54) is 6.07 Å². The molecule has 19 heavy (non-hydrogen) atoms. The molecule has 0 amide bonds. The summed E-state index contributed by atoms with van der Waals surface area (Å²) >= 11 is 5.73. The Labute approximate surface area is 116 Å². The van der Waals surface area contributed by atoms with Crippen molar-refractivity contribution in [2.75, 3.05) is 17.2 Å². The Morgan fingerprint density at radius 2 is 1.89 bits per heavy atom. The predicted molar refractivity (Wildman–Crippen MR) is 77.1 cm³/mol. The third-order valence-electron chi connectivity index (χ3n) is 2.56. The zero-order valence-corrected chi connectivity index (χ0v) is 11.3. The number of aromatic nitrogens is 1. The van der Waals surface area contributed by atoms with Crippen LogP contribution in [0.2, 0.25) is 5.02 Å². The van der Waals surface area contributed by atoms with Crippen LogP contribution in [0.3, 0.4) is 0 Å². The molecule has 2 aromatic rings. The molecule has 0 aliphatic carbocycles. The standard InChI is InChI=1S/C14H15ClFN3/c1-2-17-13-4-3-5-14(19-13)18-9-10-6-7-12(16)11(15)8-10/h3-8H,2,9H2,1H3,(H2,17,18,19). The topological polar surface area (TPSA) is 37.0 Å². The minimum absolute atomic E-state index is 0.133. The van der Waals surface area contributed by atoms with Crippen molar-refractivity contribution in [3.63, 3.8) is 0 Å². The molecule has 1 aromatic heterocycles. The van der Waals surface area contributed by atoms with Gasteiger partial charge in [-0.25, -0.2) is 9.37 Å². The normalized spacial score (nSPS) is 10.3. The molecule has 0 spiro atoms. The summed E-state index contributed by atoms with van der Waals surface area (Å²) in [5.74, 6) is 1.18. The third kappa shape index (κ3) is 3.83. The number of hydrogen-bond donors (Lipinski definition) is 2. The Bertz CT molecular complexity index is 560. The van der Waals surface area contributed by atoms with E-state index in [2.05, 4.69) is 15.6 Å². The summed E-state index contributed by atoms with van der Waals surface area (Å²) in [7, 11) is 0.